The lowest BCUT2D eigenvalue weighted by molar-refractivity contribution is 0.228. The summed E-state index contributed by atoms with van der Waals surface area (Å²) in [6.45, 7) is 0. The van der Waals surface area contributed by atoms with E-state index in [1.807, 2.05) is 0 Å². The van der Waals surface area contributed by atoms with Crippen molar-refractivity contribution in [3.05, 3.63) is 0 Å². The van der Waals surface area contributed by atoms with Crippen LogP contribution in [0.3, 0.4) is 0 Å². The highest BCUT2D eigenvalue weighted by atomic mass is 32.2. The Labute approximate surface area is 61.2 Å². The minimum atomic E-state index is -2.76. The third kappa shape index (κ3) is 3.39. The third-order valence-electron chi connectivity index (χ3n) is 0.633. The summed E-state index contributed by atoms with van der Waals surface area (Å²) in [5.41, 5.74) is 5.05. The molecule has 0 unspecified atom stereocenters. The van der Waals surface area contributed by atoms with Crippen molar-refractivity contribution in [1.82, 2.24) is 0 Å². The Morgan fingerprint density at radius 3 is 2.50 bits per heavy atom. The van der Waals surface area contributed by atoms with E-state index in [-0.39, 0.29) is 5.17 Å². The highest BCUT2D eigenvalue weighted by Gasteiger charge is 2.12. The van der Waals surface area contributed by atoms with Crippen LogP contribution in [0, 0.1) is 5.41 Å². The fourth-order valence-corrected chi connectivity index (χ4v) is 0.609. The number of alkyl halides is 2. The number of hydrogen-bond acceptors (Lipinski definition) is 3. The molecule has 0 aromatic heterocycles. The second kappa shape index (κ2) is 4.21. The van der Waals surface area contributed by atoms with Gasteiger partial charge >= 0.3 is 0 Å². The summed E-state index contributed by atoms with van der Waals surface area (Å²) in [5, 5.41) is 5.83. The summed E-state index contributed by atoms with van der Waals surface area (Å²) in [5.74, 6) is 0. The molecule has 0 aromatic rings. The summed E-state index contributed by atoms with van der Waals surface area (Å²) < 4.78 is 23.1. The highest BCUT2D eigenvalue weighted by molar-refractivity contribution is 8.26. The fourth-order valence-electron chi connectivity index (χ4n) is 0.203. The molecule has 0 aliphatic rings. The van der Waals surface area contributed by atoms with Gasteiger partial charge in [0.1, 0.15) is 5.04 Å². The second-order valence-electron chi connectivity index (χ2n) is 1.33. The van der Waals surface area contributed by atoms with Gasteiger partial charge in [0.15, 0.2) is 5.17 Å². The van der Waals surface area contributed by atoms with Gasteiger partial charge in [0, 0.05) is 7.05 Å². The molecule has 0 aliphatic heterocycles. The van der Waals surface area contributed by atoms with Crippen LogP contribution in [-0.2, 0) is 0 Å². The second-order valence-corrected chi connectivity index (χ2v) is 2.39. The SMILES string of the molecule is CN=C(N)SC(=N)C(F)F. The van der Waals surface area contributed by atoms with Crippen LogP contribution >= 0.6 is 11.8 Å². The van der Waals surface area contributed by atoms with Crippen LogP contribution < -0.4 is 5.73 Å². The molecule has 0 rings (SSSR count). The summed E-state index contributed by atoms with van der Waals surface area (Å²) in [4.78, 5) is 3.39. The number of nitrogens with two attached hydrogens (primary N) is 1. The molecule has 0 aromatic carbocycles. The van der Waals surface area contributed by atoms with Gasteiger partial charge in [0.25, 0.3) is 6.43 Å². The van der Waals surface area contributed by atoms with Gasteiger partial charge in [-0.05, 0) is 11.8 Å². The van der Waals surface area contributed by atoms with Gasteiger partial charge < -0.3 is 5.73 Å². The van der Waals surface area contributed by atoms with Crippen molar-refractivity contribution < 1.29 is 8.78 Å². The van der Waals surface area contributed by atoms with Gasteiger partial charge in [-0.1, -0.05) is 0 Å². The van der Waals surface area contributed by atoms with E-state index in [9.17, 15) is 8.78 Å². The Morgan fingerprint density at radius 2 is 2.20 bits per heavy atom. The number of thioether (sulfide) groups is 1. The maximum absolute atomic E-state index is 11.6. The van der Waals surface area contributed by atoms with E-state index in [4.69, 9.17) is 11.1 Å². The van der Waals surface area contributed by atoms with E-state index in [1.54, 1.807) is 0 Å². The first-order valence-electron chi connectivity index (χ1n) is 2.34. The molecule has 0 aliphatic carbocycles. The van der Waals surface area contributed by atoms with Crippen LogP contribution in [0.5, 0.6) is 0 Å². The zero-order valence-corrected chi connectivity index (χ0v) is 6.08. The summed E-state index contributed by atoms with van der Waals surface area (Å²) >= 11 is 0.469. The Morgan fingerprint density at radius 1 is 1.70 bits per heavy atom. The number of nitrogens with zero attached hydrogens (tertiary/aromatic N) is 1. The first-order valence-corrected chi connectivity index (χ1v) is 3.16. The van der Waals surface area contributed by atoms with Gasteiger partial charge in [-0.3, -0.25) is 10.4 Å². The van der Waals surface area contributed by atoms with E-state index in [0.29, 0.717) is 11.8 Å². The van der Waals surface area contributed by atoms with Crippen molar-refractivity contribution in [2.75, 3.05) is 7.05 Å². The zero-order valence-electron chi connectivity index (χ0n) is 5.27. The van der Waals surface area contributed by atoms with Crippen molar-refractivity contribution >= 4 is 22.0 Å². The Hall–Kier alpha value is -0.650. The topological polar surface area (TPSA) is 62.2 Å². The molecule has 10 heavy (non-hydrogen) atoms. The molecule has 0 heterocycles. The van der Waals surface area contributed by atoms with Crippen LogP contribution in [-0.4, -0.2) is 23.7 Å². The van der Waals surface area contributed by atoms with Gasteiger partial charge in [0.05, 0.1) is 0 Å². The zero-order chi connectivity index (χ0) is 8.15. The van der Waals surface area contributed by atoms with E-state index < -0.39 is 11.5 Å². The molecule has 0 atom stereocenters. The van der Waals surface area contributed by atoms with Gasteiger partial charge in [-0.25, -0.2) is 8.78 Å². The van der Waals surface area contributed by atoms with Crippen LogP contribution in [0.1, 0.15) is 0 Å². The quantitative estimate of drug-likeness (QED) is 0.450. The predicted molar refractivity (Wildman–Crippen MR) is 38.9 cm³/mol. The maximum Gasteiger partial charge on any atom is 0.286 e. The first kappa shape index (κ1) is 9.35. The number of rotatable bonds is 1. The van der Waals surface area contributed by atoms with Crippen LogP contribution in [0.25, 0.3) is 0 Å². The van der Waals surface area contributed by atoms with E-state index in [0.717, 1.165) is 0 Å². The molecular weight excluding hydrogens is 160 g/mol. The standard InChI is InChI=1S/C4H7F2N3S/c1-9-4(8)10-3(7)2(5)6/h2,7H,1H3,(H2,8,9). The fraction of sp³-hybridized carbons (Fsp3) is 0.500. The number of hydrogen-bond donors (Lipinski definition) is 2. The smallest absolute Gasteiger partial charge is 0.286 e. The molecular formula is C4H7F2N3S. The average molecular weight is 167 g/mol. The molecule has 0 amide bonds. The third-order valence-corrected chi connectivity index (χ3v) is 1.42. The minimum Gasteiger partial charge on any atom is -0.378 e. The van der Waals surface area contributed by atoms with Crippen LogP contribution in [0.2, 0.25) is 0 Å². The van der Waals surface area contributed by atoms with Crippen LogP contribution in [0.15, 0.2) is 4.99 Å². The summed E-state index contributed by atoms with van der Waals surface area (Å²) in [7, 11) is 1.38. The van der Waals surface area contributed by atoms with Gasteiger partial charge in [0.2, 0.25) is 0 Å². The average Bonchev–Trinajstić information content (AvgIpc) is 1.87. The lowest BCUT2D eigenvalue weighted by Crippen LogP contribution is -2.13. The van der Waals surface area contributed by atoms with Crippen LogP contribution in [0.4, 0.5) is 8.78 Å². The Bertz CT molecular complexity index is 157. The Kier molecular flexibility index (Phi) is 3.94. The summed E-state index contributed by atoms with van der Waals surface area (Å²) in [6, 6.07) is 0. The number of nitrogens with one attached hydrogen (secondary N) is 1. The molecule has 6 heteroatoms. The molecule has 58 valence electrons. The monoisotopic (exact) mass is 167 g/mol. The molecule has 0 fully saturated rings. The largest absolute Gasteiger partial charge is 0.378 e. The normalized spacial score (nSPS) is 12.2. The Balaban J connectivity index is 3.81. The predicted octanol–water partition coefficient (Wildman–Crippen LogP) is 0.906. The van der Waals surface area contributed by atoms with E-state index in [1.165, 1.54) is 7.05 Å². The molecule has 0 bridgehead atoms. The van der Waals surface area contributed by atoms with Crippen molar-refractivity contribution in [3.8, 4) is 0 Å². The molecule has 0 saturated heterocycles. The van der Waals surface area contributed by atoms with Crippen molar-refractivity contribution in [3.63, 3.8) is 0 Å². The maximum atomic E-state index is 11.6. The molecule has 0 saturated carbocycles. The van der Waals surface area contributed by atoms with Gasteiger partial charge in [-0.2, -0.15) is 0 Å². The van der Waals surface area contributed by atoms with E-state index >= 15 is 0 Å². The number of halogens is 2. The van der Waals surface area contributed by atoms with Crippen molar-refractivity contribution in [2.24, 2.45) is 10.7 Å². The molecule has 0 spiro atoms. The molecule has 3 nitrogen and oxygen atoms in total. The number of aliphatic imine (C=N–C) groups is 1. The number of amidine groups is 1. The van der Waals surface area contributed by atoms with Crippen molar-refractivity contribution in [2.45, 2.75) is 6.43 Å². The minimum absolute atomic E-state index is 0.0229. The summed E-state index contributed by atoms with van der Waals surface area (Å²) in [6.07, 6.45) is -2.76. The molecule has 0 radical (unpaired) electrons. The molecule has 3 N–H and O–H groups in total. The lowest BCUT2D eigenvalue weighted by atomic mass is 10.8. The van der Waals surface area contributed by atoms with Gasteiger partial charge in [-0.15, -0.1) is 0 Å². The highest BCUT2D eigenvalue weighted by Crippen LogP contribution is 2.09. The first-order chi connectivity index (χ1) is 4.57. The lowest BCUT2D eigenvalue weighted by Gasteiger charge is -1.98. The van der Waals surface area contributed by atoms with Crippen molar-refractivity contribution in [1.29, 1.82) is 5.41 Å². The van der Waals surface area contributed by atoms with E-state index in [2.05, 4.69) is 4.99 Å².